The lowest BCUT2D eigenvalue weighted by Gasteiger charge is -2.24. The second kappa shape index (κ2) is 9.68. The highest BCUT2D eigenvalue weighted by Gasteiger charge is 2.17. The smallest absolute Gasteiger partial charge is 0.241 e. The summed E-state index contributed by atoms with van der Waals surface area (Å²) in [6.07, 6.45) is 0. The molecular formula is C20H24FN3O3. The number of likely N-dealkylation sites (N-methyl/N-ethyl adjacent to an activating group) is 2. The third-order valence-corrected chi connectivity index (χ3v) is 3.95. The van der Waals surface area contributed by atoms with Crippen LogP contribution in [0.3, 0.4) is 0 Å². The number of ether oxygens (including phenoxy) is 1. The number of halogens is 1. The average molecular weight is 373 g/mol. The lowest BCUT2D eigenvalue weighted by Crippen LogP contribution is -2.41. The molecule has 2 aromatic carbocycles. The fourth-order valence-electron chi connectivity index (χ4n) is 2.62. The van der Waals surface area contributed by atoms with E-state index in [1.165, 1.54) is 12.1 Å². The molecule has 0 aromatic heterocycles. The van der Waals surface area contributed by atoms with Crippen molar-refractivity contribution in [1.29, 1.82) is 0 Å². The van der Waals surface area contributed by atoms with E-state index in [1.807, 2.05) is 6.92 Å². The molecule has 27 heavy (non-hydrogen) atoms. The summed E-state index contributed by atoms with van der Waals surface area (Å²) in [7, 11) is 3.27. The molecule has 0 radical (unpaired) electrons. The predicted molar refractivity (Wildman–Crippen MR) is 104 cm³/mol. The quantitative estimate of drug-likeness (QED) is 0.773. The zero-order valence-corrected chi connectivity index (χ0v) is 15.7. The van der Waals surface area contributed by atoms with Gasteiger partial charge in [0.25, 0.3) is 0 Å². The van der Waals surface area contributed by atoms with Crippen LogP contribution in [0.1, 0.15) is 6.92 Å². The van der Waals surface area contributed by atoms with E-state index in [-0.39, 0.29) is 30.7 Å². The number of nitrogens with one attached hydrogen (secondary N) is 1. The van der Waals surface area contributed by atoms with Crippen LogP contribution < -0.4 is 15.0 Å². The summed E-state index contributed by atoms with van der Waals surface area (Å²) in [5.74, 6) is -0.0325. The normalized spacial score (nSPS) is 10.6. The molecule has 7 heteroatoms. The first-order valence-corrected chi connectivity index (χ1v) is 8.61. The molecule has 0 spiro atoms. The minimum Gasteiger partial charge on any atom is -0.497 e. The number of hydrogen-bond donors (Lipinski definition) is 1. The third kappa shape index (κ3) is 6.07. The van der Waals surface area contributed by atoms with Crippen molar-refractivity contribution in [2.24, 2.45) is 0 Å². The summed E-state index contributed by atoms with van der Waals surface area (Å²) in [4.78, 5) is 27.9. The molecule has 0 aliphatic carbocycles. The van der Waals surface area contributed by atoms with Gasteiger partial charge in [-0.3, -0.25) is 14.5 Å². The van der Waals surface area contributed by atoms with Crippen molar-refractivity contribution in [2.45, 2.75) is 6.92 Å². The summed E-state index contributed by atoms with van der Waals surface area (Å²) in [5.41, 5.74) is 1.28. The second-order valence-electron chi connectivity index (χ2n) is 6.06. The van der Waals surface area contributed by atoms with Crippen molar-refractivity contribution in [3.05, 3.63) is 54.3 Å². The van der Waals surface area contributed by atoms with E-state index >= 15 is 0 Å². The first-order valence-electron chi connectivity index (χ1n) is 8.61. The average Bonchev–Trinajstić information content (AvgIpc) is 2.64. The Kier molecular flexibility index (Phi) is 7.31. The topological polar surface area (TPSA) is 61.9 Å². The standard InChI is InChI=1S/C20H24FN3O3/c1-4-24(17-9-5-15(21)6-10-17)20(26)14-23(2)13-19(25)22-16-7-11-18(27-3)12-8-16/h5-12H,4,13-14H2,1-3H3,(H,22,25). The number of hydrogen-bond acceptors (Lipinski definition) is 4. The molecule has 0 fully saturated rings. The van der Waals surface area contributed by atoms with Gasteiger partial charge in [-0.05, 0) is 62.5 Å². The minimum atomic E-state index is -0.352. The number of rotatable bonds is 8. The molecule has 0 aliphatic heterocycles. The van der Waals surface area contributed by atoms with Gasteiger partial charge in [0.2, 0.25) is 11.8 Å². The lowest BCUT2D eigenvalue weighted by atomic mass is 10.2. The van der Waals surface area contributed by atoms with Crippen LogP contribution in [-0.2, 0) is 9.59 Å². The van der Waals surface area contributed by atoms with E-state index in [1.54, 1.807) is 60.4 Å². The highest BCUT2D eigenvalue weighted by molar-refractivity contribution is 5.96. The van der Waals surface area contributed by atoms with E-state index < -0.39 is 0 Å². The van der Waals surface area contributed by atoms with Crippen molar-refractivity contribution >= 4 is 23.2 Å². The van der Waals surface area contributed by atoms with Crippen molar-refractivity contribution in [1.82, 2.24) is 4.90 Å². The van der Waals surface area contributed by atoms with Gasteiger partial charge in [-0.1, -0.05) is 0 Å². The first kappa shape index (κ1) is 20.4. The molecule has 6 nitrogen and oxygen atoms in total. The van der Waals surface area contributed by atoms with E-state index in [0.717, 1.165) is 0 Å². The van der Waals surface area contributed by atoms with Crippen molar-refractivity contribution in [3.8, 4) is 5.75 Å². The van der Waals surface area contributed by atoms with Crippen LogP contribution in [0.2, 0.25) is 0 Å². The number of amides is 2. The van der Waals surface area contributed by atoms with Gasteiger partial charge in [0.15, 0.2) is 0 Å². The Hall–Kier alpha value is -2.93. The lowest BCUT2D eigenvalue weighted by molar-refractivity contribution is -0.121. The number of methoxy groups -OCH3 is 1. The zero-order valence-electron chi connectivity index (χ0n) is 15.7. The number of anilines is 2. The molecule has 0 atom stereocenters. The first-order chi connectivity index (χ1) is 12.9. The van der Waals surface area contributed by atoms with Gasteiger partial charge in [0, 0.05) is 17.9 Å². The molecule has 0 saturated carbocycles. The Morgan fingerprint density at radius 1 is 1.04 bits per heavy atom. The van der Waals surface area contributed by atoms with Crippen LogP contribution in [-0.4, -0.2) is 50.5 Å². The third-order valence-electron chi connectivity index (χ3n) is 3.95. The van der Waals surface area contributed by atoms with Gasteiger partial charge in [0.05, 0.1) is 20.2 Å². The molecular weight excluding hydrogens is 349 g/mol. The number of nitrogens with zero attached hydrogens (tertiary/aromatic N) is 2. The molecule has 0 saturated heterocycles. The number of carbonyl (C=O) groups excluding carboxylic acids is 2. The Morgan fingerprint density at radius 3 is 2.22 bits per heavy atom. The van der Waals surface area contributed by atoms with Crippen LogP contribution in [0.4, 0.5) is 15.8 Å². The highest BCUT2D eigenvalue weighted by atomic mass is 19.1. The van der Waals surface area contributed by atoms with E-state index in [0.29, 0.717) is 23.7 Å². The minimum absolute atomic E-state index is 0.0682. The van der Waals surface area contributed by atoms with Crippen LogP contribution in [0.15, 0.2) is 48.5 Å². The molecule has 2 aromatic rings. The summed E-state index contributed by atoms with van der Waals surface area (Å²) in [6, 6.07) is 12.8. The monoisotopic (exact) mass is 373 g/mol. The Bertz CT molecular complexity index is 763. The van der Waals surface area contributed by atoms with Crippen molar-refractivity contribution in [3.63, 3.8) is 0 Å². The summed E-state index contributed by atoms with van der Waals surface area (Å²) in [5, 5.41) is 2.78. The number of carbonyl (C=O) groups is 2. The molecule has 144 valence electrons. The van der Waals surface area contributed by atoms with Crippen LogP contribution in [0, 0.1) is 5.82 Å². The summed E-state index contributed by atoms with van der Waals surface area (Å²) in [6.45, 7) is 2.44. The van der Waals surface area contributed by atoms with Gasteiger partial charge in [-0.2, -0.15) is 0 Å². The largest absolute Gasteiger partial charge is 0.497 e. The Morgan fingerprint density at radius 2 is 1.67 bits per heavy atom. The maximum absolute atomic E-state index is 13.1. The van der Waals surface area contributed by atoms with E-state index in [2.05, 4.69) is 5.32 Å². The van der Waals surface area contributed by atoms with Crippen LogP contribution >= 0.6 is 0 Å². The fourth-order valence-corrected chi connectivity index (χ4v) is 2.62. The van der Waals surface area contributed by atoms with E-state index in [9.17, 15) is 14.0 Å². The van der Waals surface area contributed by atoms with Gasteiger partial charge in [-0.15, -0.1) is 0 Å². The molecule has 0 bridgehead atoms. The Balaban J connectivity index is 1.88. The van der Waals surface area contributed by atoms with Gasteiger partial charge in [0.1, 0.15) is 11.6 Å². The Labute approximate surface area is 158 Å². The fraction of sp³-hybridized carbons (Fsp3) is 0.300. The maximum Gasteiger partial charge on any atom is 0.241 e. The van der Waals surface area contributed by atoms with E-state index in [4.69, 9.17) is 4.74 Å². The van der Waals surface area contributed by atoms with Crippen LogP contribution in [0.25, 0.3) is 0 Å². The molecule has 0 aliphatic rings. The number of benzene rings is 2. The SMILES string of the molecule is CCN(C(=O)CN(C)CC(=O)Nc1ccc(OC)cc1)c1ccc(F)cc1. The van der Waals surface area contributed by atoms with Gasteiger partial charge >= 0.3 is 0 Å². The summed E-state index contributed by atoms with van der Waals surface area (Å²) >= 11 is 0. The highest BCUT2D eigenvalue weighted by Crippen LogP contribution is 2.16. The molecule has 1 N–H and O–H groups in total. The van der Waals surface area contributed by atoms with Crippen molar-refractivity contribution < 1.29 is 18.7 Å². The van der Waals surface area contributed by atoms with Crippen LogP contribution in [0.5, 0.6) is 5.75 Å². The molecule has 0 unspecified atom stereocenters. The predicted octanol–water partition coefficient (Wildman–Crippen LogP) is 2.76. The molecule has 0 heterocycles. The molecule has 2 rings (SSSR count). The van der Waals surface area contributed by atoms with Crippen molar-refractivity contribution in [2.75, 3.05) is 44.0 Å². The maximum atomic E-state index is 13.1. The molecule has 2 amide bonds. The summed E-state index contributed by atoms with van der Waals surface area (Å²) < 4.78 is 18.1. The zero-order chi connectivity index (χ0) is 19.8. The van der Waals surface area contributed by atoms with Gasteiger partial charge < -0.3 is 15.0 Å². The second-order valence-corrected chi connectivity index (χ2v) is 6.06. The van der Waals surface area contributed by atoms with Gasteiger partial charge in [-0.25, -0.2) is 4.39 Å².